The van der Waals surface area contributed by atoms with Crippen molar-refractivity contribution in [1.82, 2.24) is 10.2 Å². The fraction of sp³-hybridized carbons (Fsp3) is 0.167. The number of halogens is 3. The topological polar surface area (TPSA) is 68.0 Å². The van der Waals surface area contributed by atoms with Crippen LogP contribution >= 0.6 is 0 Å². The number of aryl methyl sites for hydroxylation is 1. The highest BCUT2D eigenvalue weighted by atomic mass is 19.4. The van der Waals surface area contributed by atoms with Crippen LogP contribution in [0.5, 0.6) is 0 Å². The average molecular weight is 361 g/mol. The van der Waals surface area contributed by atoms with Crippen LogP contribution in [0.25, 0.3) is 0 Å². The number of nitrogens with zero attached hydrogens (tertiary/aromatic N) is 2. The van der Waals surface area contributed by atoms with Crippen molar-refractivity contribution in [3.8, 4) is 0 Å². The van der Waals surface area contributed by atoms with Gasteiger partial charge in [0.25, 0.3) is 5.91 Å². The molecule has 8 heteroatoms. The Balaban J connectivity index is 1.69. The first-order chi connectivity index (χ1) is 12.3. The van der Waals surface area contributed by atoms with Crippen molar-refractivity contribution in [2.45, 2.75) is 19.5 Å². The summed E-state index contributed by atoms with van der Waals surface area (Å²) in [6.45, 7) is 1.97. The van der Waals surface area contributed by atoms with Crippen LogP contribution in [-0.4, -0.2) is 16.1 Å². The van der Waals surface area contributed by atoms with Gasteiger partial charge in [-0.25, -0.2) is 0 Å². The van der Waals surface area contributed by atoms with Crippen molar-refractivity contribution in [1.29, 1.82) is 0 Å². The number of carbonyl (C=O) groups is 1. The number of amides is 1. The molecule has 0 aliphatic carbocycles. The van der Waals surface area contributed by atoms with Crippen LogP contribution in [0.3, 0.4) is 0 Å². The predicted molar refractivity (Wildman–Crippen MR) is 87.7 cm³/mol. The Bertz CT molecular complexity index is 918. The molecule has 2 aromatic carbocycles. The van der Waals surface area contributed by atoms with Gasteiger partial charge in [-0.05, 0) is 30.7 Å². The summed E-state index contributed by atoms with van der Waals surface area (Å²) in [7, 11) is 0. The number of nitrogens with one attached hydrogen (secondary N) is 1. The van der Waals surface area contributed by atoms with Crippen LogP contribution in [0.2, 0.25) is 0 Å². The highest BCUT2D eigenvalue weighted by molar-refractivity contribution is 6.03. The van der Waals surface area contributed by atoms with E-state index in [-0.39, 0.29) is 17.5 Å². The summed E-state index contributed by atoms with van der Waals surface area (Å²) in [5, 5.41) is 9.83. The van der Waals surface area contributed by atoms with Gasteiger partial charge in [-0.3, -0.25) is 10.1 Å². The molecule has 0 atom stereocenters. The maximum Gasteiger partial charge on any atom is 0.416 e. The molecular weight excluding hydrogens is 347 g/mol. The molecule has 134 valence electrons. The number of hydrogen-bond acceptors (Lipinski definition) is 4. The highest BCUT2D eigenvalue weighted by Crippen LogP contribution is 2.29. The lowest BCUT2D eigenvalue weighted by Crippen LogP contribution is -2.14. The fourth-order valence-electron chi connectivity index (χ4n) is 2.26. The van der Waals surface area contributed by atoms with Gasteiger partial charge in [0.05, 0.1) is 12.0 Å². The first kappa shape index (κ1) is 17.7. The lowest BCUT2D eigenvalue weighted by Gasteiger charge is -2.07. The second kappa shape index (κ2) is 6.99. The van der Waals surface area contributed by atoms with Crippen LogP contribution in [0.15, 0.2) is 52.9 Å². The molecule has 1 heterocycles. The number of benzene rings is 2. The molecule has 0 spiro atoms. The van der Waals surface area contributed by atoms with Gasteiger partial charge in [0.1, 0.15) is 0 Å². The Morgan fingerprint density at radius 2 is 1.85 bits per heavy atom. The zero-order valence-electron chi connectivity index (χ0n) is 13.7. The molecule has 26 heavy (non-hydrogen) atoms. The third-order valence-corrected chi connectivity index (χ3v) is 3.62. The minimum atomic E-state index is -4.53. The Hall–Kier alpha value is -3.16. The van der Waals surface area contributed by atoms with Crippen molar-refractivity contribution in [3.63, 3.8) is 0 Å². The van der Waals surface area contributed by atoms with Crippen LogP contribution in [0, 0.1) is 6.92 Å². The molecule has 0 radical (unpaired) electrons. The maximum atomic E-state index is 12.7. The number of carbonyl (C=O) groups excluding carboxylic acids is 1. The number of hydrogen-bond donors (Lipinski definition) is 1. The monoisotopic (exact) mass is 361 g/mol. The van der Waals surface area contributed by atoms with Gasteiger partial charge in [0, 0.05) is 5.56 Å². The predicted octanol–water partition coefficient (Wildman–Crippen LogP) is 4.24. The van der Waals surface area contributed by atoms with Crippen molar-refractivity contribution < 1.29 is 22.4 Å². The highest BCUT2D eigenvalue weighted by Gasteiger charge is 2.31. The van der Waals surface area contributed by atoms with Crippen molar-refractivity contribution in [3.05, 3.63) is 76.7 Å². The average Bonchev–Trinajstić information content (AvgIpc) is 3.03. The summed E-state index contributed by atoms with van der Waals surface area (Å²) < 4.78 is 43.5. The number of aromatic nitrogens is 2. The Morgan fingerprint density at radius 1 is 1.12 bits per heavy atom. The minimum Gasteiger partial charge on any atom is -0.407 e. The van der Waals surface area contributed by atoms with E-state index in [2.05, 4.69) is 15.5 Å². The van der Waals surface area contributed by atoms with Gasteiger partial charge < -0.3 is 4.42 Å². The lowest BCUT2D eigenvalue weighted by atomic mass is 10.1. The van der Waals surface area contributed by atoms with E-state index in [1.807, 2.05) is 31.2 Å². The van der Waals surface area contributed by atoms with Crippen LogP contribution in [0.1, 0.15) is 32.9 Å². The molecule has 0 unspecified atom stereocenters. The van der Waals surface area contributed by atoms with Crippen LogP contribution < -0.4 is 5.32 Å². The van der Waals surface area contributed by atoms with E-state index < -0.39 is 17.6 Å². The Morgan fingerprint density at radius 3 is 2.54 bits per heavy atom. The molecule has 0 fully saturated rings. The van der Waals surface area contributed by atoms with E-state index in [0.717, 1.165) is 29.3 Å². The molecule has 1 N–H and O–H groups in total. The van der Waals surface area contributed by atoms with Crippen molar-refractivity contribution in [2.24, 2.45) is 0 Å². The van der Waals surface area contributed by atoms with E-state index in [1.165, 1.54) is 6.07 Å². The van der Waals surface area contributed by atoms with Gasteiger partial charge >= 0.3 is 12.2 Å². The molecule has 5 nitrogen and oxygen atoms in total. The molecule has 0 saturated heterocycles. The normalized spacial score (nSPS) is 11.4. The lowest BCUT2D eigenvalue weighted by molar-refractivity contribution is -0.137. The smallest absolute Gasteiger partial charge is 0.407 e. The number of anilines is 1. The zero-order valence-corrected chi connectivity index (χ0v) is 13.7. The third-order valence-electron chi connectivity index (χ3n) is 3.62. The summed E-state index contributed by atoms with van der Waals surface area (Å²) in [5.74, 6) is -0.477. The van der Waals surface area contributed by atoms with Gasteiger partial charge in [0.15, 0.2) is 0 Å². The molecule has 3 rings (SSSR count). The molecule has 0 aliphatic rings. The summed E-state index contributed by atoms with van der Waals surface area (Å²) in [5.41, 5.74) is 1.01. The number of rotatable bonds is 4. The molecular formula is C18H14F3N3O2. The van der Waals surface area contributed by atoms with Crippen LogP contribution in [0.4, 0.5) is 19.2 Å². The summed E-state index contributed by atoms with van der Waals surface area (Å²) >= 11 is 0. The molecule has 1 amide bonds. The van der Waals surface area contributed by atoms with Crippen molar-refractivity contribution >= 4 is 11.9 Å². The van der Waals surface area contributed by atoms with Gasteiger partial charge in [-0.15, -0.1) is 5.10 Å². The zero-order chi connectivity index (χ0) is 18.7. The van der Waals surface area contributed by atoms with Gasteiger partial charge in [-0.2, -0.15) is 13.2 Å². The largest absolute Gasteiger partial charge is 0.416 e. The summed E-state index contributed by atoms with van der Waals surface area (Å²) in [4.78, 5) is 12.1. The molecule has 0 bridgehead atoms. The maximum absolute atomic E-state index is 12.7. The minimum absolute atomic E-state index is 0.155. The molecule has 3 aromatic rings. The second-order valence-corrected chi connectivity index (χ2v) is 5.70. The fourth-order valence-corrected chi connectivity index (χ4v) is 2.26. The van der Waals surface area contributed by atoms with Crippen molar-refractivity contribution in [2.75, 3.05) is 5.32 Å². The quantitative estimate of drug-likeness (QED) is 0.755. The standard InChI is InChI=1S/C18H14F3N3O2/c1-11-5-7-12(8-6-11)9-15-23-24-17(26-15)22-16(25)13-3-2-4-14(10-13)18(19,20)21/h2-8,10H,9H2,1H3,(H,22,24,25). The Kier molecular flexibility index (Phi) is 4.75. The van der Waals surface area contributed by atoms with E-state index in [4.69, 9.17) is 4.42 Å². The summed E-state index contributed by atoms with van der Waals surface area (Å²) in [6, 6.07) is 11.6. The van der Waals surface area contributed by atoms with Crippen LogP contribution in [-0.2, 0) is 12.6 Å². The van der Waals surface area contributed by atoms with E-state index in [1.54, 1.807) is 0 Å². The Labute approximate surface area is 146 Å². The number of alkyl halides is 3. The SMILES string of the molecule is Cc1ccc(Cc2nnc(NC(=O)c3cccc(C(F)(F)F)c3)o2)cc1. The first-order valence-electron chi connectivity index (χ1n) is 7.68. The summed E-state index contributed by atoms with van der Waals surface area (Å²) in [6.07, 6.45) is -4.14. The van der Waals surface area contributed by atoms with E-state index >= 15 is 0 Å². The molecule has 1 aromatic heterocycles. The van der Waals surface area contributed by atoms with Gasteiger partial charge in [-0.1, -0.05) is 41.0 Å². The third kappa shape index (κ3) is 4.27. The molecule has 0 aliphatic heterocycles. The molecule has 0 saturated carbocycles. The second-order valence-electron chi connectivity index (χ2n) is 5.70. The first-order valence-corrected chi connectivity index (χ1v) is 7.68. The van der Waals surface area contributed by atoms with E-state index in [0.29, 0.717) is 6.42 Å². The van der Waals surface area contributed by atoms with E-state index in [9.17, 15) is 18.0 Å². The van der Waals surface area contributed by atoms with Gasteiger partial charge in [0.2, 0.25) is 5.89 Å².